The van der Waals surface area contributed by atoms with E-state index in [4.69, 9.17) is 10.5 Å². The van der Waals surface area contributed by atoms with Gasteiger partial charge in [0, 0.05) is 25.2 Å². The molecule has 1 heterocycles. The molecule has 1 aliphatic heterocycles. The van der Waals surface area contributed by atoms with Gasteiger partial charge in [-0.25, -0.2) is 4.79 Å². The lowest BCUT2D eigenvalue weighted by Gasteiger charge is -2.32. The van der Waals surface area contributed by atoms with E-state index in [1.54, 1.807) is 4.90 Å². The minimum atomic E-state index is -0.609. The zero-order valence-electron chi connectivity index (χ0n) is 12.2. The first-order valence-electron chi connectivity index (χ1n) is 6.58. The minimum absolute atomic E-state index is 0. The first-order valence-corrected chi connectivity index (χ1v) is 6.58. The number of morpholine rings is 1. The van der Waals surface area contributed by atoms with Gasteiger partial charge in [0.25, 0.3) is 5.91 Å². The first kappa shape index (κ1) is 18.2. The number of esters is 1. The fourth-order valence-corrected chi connectivity index (χ4v) is 2.20. The fourth-order valence-electron chi connectivity index (χ4n) is 2.20. The molecule has 1 atom stereocenters. The summed E-state index contributed by atoms with van der Waals surface area (Å²) in [6.07, 6.45) is -0.194. The molecule has 0 spiro atoms. The number of hydrogen-bond acceptors (Lipinski definition) is 6. The molecular weight excluding hydrogens is 312 g/mol. The quantitative estimate of drug-likeness (QED) is 0.778. The van der Waals surface area contributed by atoms with Crippen LogP contribution in [-0.4, -0.2) is 61.3 Å². The summed E-state index contributed by atoms with van der Waals surface area (Å²) >= 11 is 0. The maximum absolute atomic E-state index is 12.4. The number of halogens is 1. The van der Waals surface area contributed by atoms with Crippen LogP contribution in [0.4, 0.5) is 0 Å². The lowest BCUT2D eigenvalue weighted by molar-refractivity contribution is -0.0167. The number of benzene rings is 1. The van der Waals surface area contributed by atoms with Crippen LogP contribution in [0.5, 0.6) is 5.75 Å². The molecule has 8 heteroatoms. The number of phenols is 1. The van der Waals surface area contributed by atoms with Crippen LogP contribution in [0, 0.1) is 0 Å². The van der Waals surface area contributed by atoms with Crippen molar-refractivity contribution in [2.24, 2.45) is 5.73 Å². The van der Waals surface area contributed by atoms with Gasteiger partial charge in [0.15, 0.2) is 0 Å². The molecule has 1 unspecified atom stereocenters. The van der Waals surface area contributed by atoms with Crippen LogP contribution >= 0.6 is 12.4 Å². The van der Waals surface area contributed by atoms with Crippen molar-refractivity contribution in [2.45, 2.75) is 6.10 Å². The zero-order valence-corrected chi connectivity index (χ0v) is 13.0. The molecule has 3 N–H and O–H groups in total. The van der Waals surface area contributed by atoms with E-state index in [2.05, 4.69) is 4.74 Å². The second kappa shape index (κ2) is 7.98. The van der Waals surface area contributed by atoms with E-state index < -0.39 is 5.97 Å². The van der Waals surface area contributed by atoms with Crippen LogP contribution < -0.4 is 5.73 Å². The van der Waals surface area contributed by atoms with E-state index in [-0.39, 0.29) is 41.3 Å². The molecule has 7 nitrogen and oxygen atoms in total. The number of amides is 1. The standard InChI is InChI=1S/C14H18N2O5.ClH/c1-20-14(19)10-4-9(5-11(17)6-10)13(18)16-2-3-21-12(7-15)8-16;/h4-6,12,17H,2-3,7-8,15H2,1H3;1H. The Balaban J connectivity index is 0.00000242. The summed E-state index contributed by atoms with van der Waals surface area (Å²) in [6, 6.07) is 3.98. The molecule has 1 aliphatic rings. The molecule has 22 heavy (non-hydrogen) atoms. The Kier molecular flexibility index (Phi) is 6.61. The van der Waals surface area contributed by atoms with Crippen molar-refractivity contribution >= 4 is 24.3 Å². The number of aromatic hydroxyl groups is 1. The Morgan fingerprint density at radius 1 is 1.41 bits per heavy atom. The highest BCUT2D eigenvalue weighted by atomic mass is 35.5. The highest BCUT2D eigenvalue weighted by Gasteiger charge is 2.25. The van der Waals surface area contributed by atoms with Crippen LogP contribution in [-0.2, 0) is 9.47 Å². The maximum atomic E-state index is 12.4. The summed E-state index contributed by atoms with van der Waals surface area (Å²) in [5.74, 6) is -1.05. The molecule has 0 aromatic heterocycles. The van der Waals surface area contributed by atoms with Gasteiger partial charge >= 0.3 is 5.97 Å². The number of hydrogen-bond donors (Lipinski definition) is 2. The van der Waals surface area contributed by atoms with Crippen molar-refractivity contribution in [1.82, 2.24) is 4.90 Å². The zero-order chi connectivity index (χ0) is 15.4. The number of nitrogens with zero attached hydrogens (tertiary/aromatic N) is 1. The number of carbonyl (C=O) groups is 2. The van der Waals surface area contributed by atoms with Gasteiger partial charge in [-0.1, -0.05) is 0 Å². The van der Waals surface area contributed by atoms with E-state index in [0.29, 0.717) is 26.2 Å². The molecule has 1 aromatic carbocycles. The fraction of sp³-hybridized carbons (Fsp3) is 0.429. The van der Waals surface area contributed by atoms with Gasteiger partial charge in [0.2, 0.25) is 0 Å². The smallest absolute Gasteiger partial charge is 0.338 e. The molecule has 0 aliphatic carbocycles. The second-order valence-electron chi connectivity index (χ2n) is 4.74. The highest BCUT2D eigenvalue weighted by molar-refractivity contribution is 5.98. The number of carbonyl (C=O) groups excluding carboxylic acids is 2. The monoisotopic (exact) mass is 330 g/mol. The number of nitrogens with two attached hydrogens (primary N) is 1. The number of methoxy groups -OCH3 is 1. The van der Waals surface area contributed by atoms with Crippen molar-refractivity contribution < 1.29 is 24.2 Å². The normalized spacial score (nSPS) is 17.5. The van der Waals surface area contributed by atoms with Crippen LogP contribution in [0.15, 0.2) is 18.2 Å². The third-order valence-electron chi connectivity index (χ3n) is 3.27. The second-order valence-corrected chi connectivity index (χ2v) is 4.74. The summed E-state index contributed by atoms with van der Waals surface area (Å²) in [7, 11) is 1.24. The summed E-state index contributed by atoms with van der Waals surface area (Å²) in [5, 5.41) is 9.66. The van der Waals surface area contributed by atoms with E-state index in [1.807, 2.05) is 0 Å². The van der Waals surface area contributed by atoms with Gasteiger partial charge < -0.3 is 25.2 Å². The minimum Gasteiger partial charge on any atom is -0.508 e. The van der Waals surface area contributed by atoms with E-state index >= 15 is 0 Å². The number of rotatable bonds is 3. The SMILES string of the molecule is COC(=O)c1cc(O)cc(C(=O)N2CCOC(CN)C2)c1.Cl. The lowest BCUT2D eigenvalue weighted by Crippen LogP contribution is -2.48. The Morgan fingerprint density at radius 2 is 2.09 bits per heavy atom. The Bertz CT molecular complexity index is 552. The molecule has 2 rings (SSSR count). The Morgan fingerprint density at radius 3 is 2.73 bits per heavy atom. The summed E-state index contributed by atoms with van der Waals surface area (Å²) in [5.41, 5.74) is 5.90. The van der Waals surface area contributed by atoms with Gasteiger partial charge in [-0.15, -0.1) is 12.4 Å². The van der Waals surface area contributed by atoms with Gasteiger partial charge in [0.1, 0.15) is 5.75 Å². The van der Waals surface area contributed by atoms with Gasteiger partial charge in [-0.05, 0) is 18.2 Å². The van der Waals surface area contributed by atoms with Crippen molar-refractivity contribution in [1.29, 1.82) is 0 Å². The van der Waals surface area contributed by atoms with Crippen molar-refractivity contribution in [3.05, 3.63) is 29.3 Å². The maximum Gasteiger partial charge on any atom is 0.338 e. The van der Waals surface area contributed by atoms with Crippen LogP contribution in [0.25, 0.3) is 0 Å². The topological polar surface area (TPSA) is 102 Å². The van der Waals surface area contributed by atoms with Crippen molar-refractivity contribution in [3.63, 3.8) is 0 Å². The van der Waals surface area contributed by atoms with Crippen molar-refractivity contribution in [2.75, 3.05) is 33.4 Å². The molecule has 122 valence electrons. The Labute approximate surface area is 134 Å². The van der Waals surface area contributed by atoms with E-state index in [9.17, 15) is 14.7 Å². The van der Waals surface area contributed by atoms with Gasteiger partial charge in [0.05, 0.1) is 25.4 Å². The van der Waals surface area contributed by atoms with Gasteiger partial charge in [-0.3, -0.25) is 4.79 Å². The molecule has 0 radical (unpaired) electrons. The van der Waals surface area contributed by atoms with Gasteiger partial charge in [-0.2, -0.15) is 0 Å². The number of phenolic OH excluding ortho intramolecular Hbond substituents is 1. The summed E-state index contributed by atoms with van der Waals surface area (Å²) < 4.78 is 10.00. The molecule has 0 bridgehead atoms. The largest absolute Gasteiger partial charge is 0.508 e. The number of ether oxygens (including phenoxy) is 2. The van der Waals surface area contributed by atoms with E-state index in [0.717, 1.165) is 0 Å². The van der Waals surface area contributed by atoms with Crippen LogP contribution in [0.3, 0.4) is 0 Å². The van der Waals surface area contributed by atoms with Crippen molar-refractivity contribution in [3.8, 4) is 5.75 Å². The van der Waals surface area contributed by atoms with Crippen LogP contribution in [0.2, 0.25) is 0 Å². The summed E-state index contributed by atoms with van der Waals surface area (Å²) in [4.78, 5) is 25.6. The average molecular weight is 331 g/mol. The highest BCUT2D eigenvalue weighted by Crippen LogP contribution is 2.19. The lowest BCUT2D eigenvalue weighted by atomic mass is 10.1. The molecule has 1 amide bonds. The first-order chi connectivity index (χ1) is 10.0. The van der Waals surface area contributed by atoms with E-state index in [1.165, 1.54) is 25.3 Å². The molecule has 0 saturated carbocycles. The molecule has 1 fully saturated rings. The third kappa shape index (κ3) is 4.09. The summed E-state index contributed by atoms with van der Waals surface area (Å²) in [6.45, 7) is 1.57. The molecular formula is C14H19ClN2O5. The molecule has 1 aromatic rings. The molecule has 1 saturated heterocycles. The predicted octanol–water partition coefficient (Wildman–Crippen LogP) is 0.400. The average Bonchev–Trinajstić information content (AvgIpc) is 2.52. The Hall–Kier alpha value is -1.83. The predicted molar refractivity (Wildman–Crippen MR) is 81.4 cm³/mol. The third-order valence-corrected chi connectivity index (χ3v) is 3.27. The van der Waals surface area contributed by atoms with Crippen LogP contribution in [0.1, 0.15) is 20.7 Å².